The summed E-state index contributed by atoms with van der Waals surface area (Å²) in [4.78, 5) is 11.3. The first-order valence-corrected chi connectivity index (χ1v) is 4.19. The molecule has 14 heavy (non-hydrogen) atoms. The smallest absolute Gasteiger partial charge is 0.341 e. The van der Waals surface area contributed by atoms with Crippen molar-refractivity contribution in [3.05, 3.63) is 29.3 Å². The van der Waals surface area contributed by atoms with Crippen molar-refractivity contribution in [2.45, 2.75) is 12.7 Å². The molecule has 0 aliphatic carbocycles. The van der Waals surface area contributed by atoms with E-state index in [9.17, 15) is 9.90 Å². The van der Waals surface area contributed by atoms with Gasteiger partial charge in [0.25, 0.3) is 0 Å². The van der Waals surface area contributed by atoms with Gasteiger partial charge in [-0.2, -0.15) is 0 Å². The lowest BCUT2D eigenvalue weighted by molar-refractivity contribution is -0.148. The summed E-state index contributed by atoms with van der Waals surface area (Å²) in [5.74, 6) is -1.65. The Hall–Kier alpha value is -1.55. The summed E-state index contributed by atoms with van der Waals surface area (Å²) in [5, 5.41) is 9.81. The van der Waals surface area contributed by atoms with Crippen molar-refractivity contribution in [1.82, 2.24) is 0 Å². The molecule has 1 heterocycles. The highest BCUT2D eigenvalue weighted by molar-refractivity contribution is 5.95. The molecule has 0 fully saturated rings. The summed E-state index contributed by atoms with van der Waals surface area (Å²) in [7, 11) is 1.48. The molecule has 0 amide bonds. The predicted molar refractivity (Wildman–Crippen MR) is 48.0 cm³/mol. The van der Waals surface area contributed by atoms with E-state index >= 15 is 0 Å². The maximum Gasteiger partial charge on any atom is 0.341 e. The lowest BCUT2D eigenvalue weighted by Crippen LogP contribution is -2.21. The quantitative estimate of drug-likeness (QED) is 0.678. The molecule has 1 N–H and O–H groups in total. The van der Waals surface area contributed by atoms with Crippen molar-refractivity contribution in [3.8, 4) is 5.75 Å². The minimum Gasteiger partial charge on any atom is -0.496 e. The largest absolute Gasteiger partial charge is 0.496 e. The number of cyclic esters (lactones) is 1. The van der Waals surface area contributed by atoms with Crippen LogP contribution in [0.4, 0.5) is 0 Å². The fourth-order valence-corrected chi connectivity index (χ4v) is 1.64. The minimum atomic E-state index is -1.58. The summed E-state index contributed by atoms with van der Waals surface area (Å²) in [6, 6.07) is 4.96. The third kappa shape index (κ3) is 1.08. The zero-order valence-corrected chi connectivity index (χ0v) is 7.90. The van der Waals surface area contributed by atoms with Gasteiger partial charge in [0.15, 0.2) is 0 Å². The number of ether oxygens (including phenoxy) is 2. The summed E-state index contributed by atoms with van der Waals surface area (Å²) >= 11 is 0. The summed E-state index contributed by atoms with van der Waals surface area (Å²) in [5.41, 5.74) is 0.752. The van der Waals surface area contributed by atoms with Crippen LogP contribution >= 0.6 is 0 Å². The maximum absolute atomic E-state index is 11.3. The van der Waals surface area contributed by atoms with Gasteiger partial charge in [-0.3, -0.25) is 0 Å². The van der Waals surface area contributed by atoms with Crippen molar-refractivity contribution < 1.29 is 19.4 Å². The Morgan fingerprint density at radius 2 is 2.21 bits per heavy atom. The van der Waals surface area contributed by atoms with Gasteiger partial charge in [0.05, 0.1) is 18.2 Å². The Kier molecular flexibility index (Phi) is 1.75. The van der Waals surface area contributed by atoms with Crippen LogP contribution in [0.2, 0.25) is 0 Å². The number of esters is 1. The Labute approximate surface area is 81.1 Å². The molecule has 74 valence electrons. The second-order valence-corrected chi connectivity index (χ2v) is 3.26. The number of aliphatic hydroxyl groups is 1. The van der Waals surface area contributed by atoms with Crippen molar-refractivity contribution in [3.63, 3.8) is 0 Å². The summed E-state index contributed by atoms with van der Waals surface area (Å²) in [6.07, 6.45) is 0. The number of carbonyl (C=O) groups excluding carboxylic acids is 1. The molecule has 0 bridgehead atoms. The van der Waals surface area contributed by atoms with Crippen LogP contribution in [0, 0.1) is 0 Å². The van der Waals surface area contributed by atoms with Gasteiger partial charge in [-0.15, -0.1) is 0 Å². The van der Waals surface area contributed by atoms with Crippen LogP contribution < -0.4 is 4.74 Å². The van der Waals surface area contributed by atoms with E-state index in [1.807, 2.05) is 0 Å². The van der Waals surface area contributed by atoms with Crippen molar-refractivity contribution >= 4 is 5.97 Å². The summed E-state index contributed by atoms with van der Waals surface area (Å²) in [6.45, 7) is 1.42. The molecule has 4 heteroatoms. The monoisotopic (exact) mass is 194 g/mol. The van der Waals surface area contributed by atoms with E-state index in [1.165, 1.54) is 14.0 Å². The van der Waals surface area contributed by atoms with E-state index in [0.29, 0.717) is 16.9 Å². The number of hydrogen-bond acceptors (Lipinski definition) is 4. The van der Waals surface area contributed by atoms with E-state index in [2.05, 4.69) is 0 Å². The molecule has 4 nitrogen and oxygen atoms in total. The fraction of sp³-hybridized carbons (Fsp3) is 0.300. The first-order valence-electron chi connectivity index (χ1n) is 4.19. The first kappa shape index (κ1) is 9.02. The molecular formula is C10H10O4. The topological polar surface area (TPSA) is 55.8 Å². The molecule has 0 aromatic heterocycles. The first-order chi connectivity index (χ1) is 6.56. The van der Waals surface area contributed by atoms with Crippen LogP contribution in [0.15, 0.2) is 18.2 Å². The van der Waals surface area contributed by atoms with Crippen molar-refractivity contribution in [2.75, 3.05) is 7.11 Å². The number of rotatable bonds is 1. The zero-order chi connectivity index (χ0) is 10.3. The van der Waals surface area contributed by atoms with E-state index in [-0.39, 0.29) is 0 Å². The van der Waals surface area contributed by atoms with Gasteiger partial charge in [0, 0.05) is 6.92 Å². The highest BCUT2D eigenvalue weighted by Crippen LogP contribution is 2.39. The van der Waals surface area contributed by atoms with E-state index < -0.39 is 11.8 Å². The van der Waals surface area contributed by atoms with E-state index in [0.717, 1.165) is 0 Å². The van der Waals surface area contributed by atoms with E-state index in [4.69, 9.17) is 9.47 Å². The van der Waals surface area contributed by atoms with Gasteiger partial charge in [0.2, 0.25) is 5.79 Å². The van der Waals surface area contributed by atoms with Crippen molar-refractivity contribution in [1.29, 1.82) is 0 Å². The predicted octanol–water partition coefficient (Wildman–Crippen LogP) is 1.03. The lowest BCUT2D eigenvalue weighted by atomic mass is 10.0. The summed E-state index contributed by atoms with van der Waals surface area (Å²) < 4.78 is 9.85. The zero-order valence-electron chi connectivity index (χ0n) is 7.90. The molecular weight excluding hydrogens is 184 g/mol. The number of benzene rings is 1. The maximum atomic E-state index is 11.3. The molecule has 0 unspecified atom stereocenters. The average molecular weight is 194 g/mol. The SMILES string of the molecule is COc1cccc2c1[C@@](C)(O)OC2=O. The molecule has 1 aliphatic heterocycles. The molecule has 0 saturated carbocycles. The van der Waals surface area contributed by atoms with Gasteiger partial charge >= 0.3 is 5.97 Å². The van der Waals surface area contributed by atoms with Crippen molar-refractivity contribution in [2.24, 2.45) is 0 Å². The Morgan fingerprint density at radius 3 is 2.86 bits per heavy atom. The van der Waals surface area contributed by atoms with Crippen LogP contribution in [0.5, 0.6) is 5.75 Å². The molecule has 0 radical (unpaired) electrons. The Bertz CT molecular complexity index is 395. The standard InChI is InChI=1S/C10H10O4/c1-10(12)8-6(9(11)14-10)4-3-5-7(8)13-2/h3-5,12H,1-2H3/t10-/m0/s1. The highest BCUT2D eigenvalue weighted by atomic mass is 16.7. The van der Waals surface area contributed by atoms with Crippen LogP contribution in [-0.2, 0) is 10.5 Å². The van der Waals surface area contributed by atoms with Gasteiger partial charge in [-0.25, -0.2) is 4.79 Å². The van der Waals surface area contributed by atoms with Crippen LogP contribution in [-0.4, -0.2) is 18.2 Å². The minimum absolute atomic E-state index is 0.356. The van der Waals surface area contributed by atoms with E-state index in [1.54, 1.807) is 18.2 Å². The van der Waals surface area contributed by atoms with Crippen LogP contribution in [0.1, 0.15) is 22.8 Å². The average Bonchev–Trinajstić information content (AvgIpc) is 2.38. The highest BCUT2D eigenvalue weighted by Gasteiger charge is 2.42. The number of fused-ring (bicyclic) bond motifs is 1. The third-order valence-electron chi connectivity index (χ3n) is 2.22. The lowest BCUT2D eigenvalue weighted by Gasteiger charge is -2.17. The van der Waals surface area contributed by atoms with Gasteiger partial charge in [0.1, 0.15) is 5.75 Å². The van der Waals surface area contributed by atoms with Gasteiger partial charge in [-0.1, -0.05) is 6.07 Å². The normalized spacial score (nSPS) is 24.4. The number of methoxy groups -OCH3 is 1. The Balaban J connectivity index is 2.69. The Morgan fingerprint density at radius 1 is 1.50 bits per heavy atom. The number of hydrogen-bond donors (Lipinski definition) is 1. The molecule has 1 aromatic rings. The van der Waals surface area contributed by atoms with Crippen LogP contribution in [0.25, 0.3) is 0 Å². The van der Waals surface area contributed by atoms with Crippen LogP contribution in [0.3, 0.4) is 0 Å². The van der Waals surface area contributed by atoms with Gasteiger partial charge < -0.3 is 14.6 Å². The molecule has 0 spiro atoms. The molecule has 1 atom stereocenters. The number of carbonyl (C=O) groups is 1. The second-order valence-electron chi connectivity index (χ2n) is 3.26. The molecule has 0 saturated heterocycles. The molecule has 1 aliphatic rings. The molecule has 2 rings (SSSR count). The second kappa shape index (κ2) is 2.72. The third-order valence-corrected chi connectivity index (χ3v) is 2.22. The molecule has 1 aromatic carbocycles. The fourth-order valence-electron chi connectivity index (χ4n) is 1.64. The van der Waals surface area contributed by atoms with Gasteiger partial charge in [-0.05, 0) is 12.1 Å².